The molecule has 1 aromatic carbocycles. The zero-order valence-corrected chi connectivity index (χ0v) is 20.4. The highest BCUT2D eigenvalue weighted by Crippen LogP contribution is 2.27. The summed E-state index contributed by atoms with van der Waals surface area (Å²) in [6.45, 7) is 6.87. The van der Waals surface area contributed by atoms with Gasteiger partial charge in [-0.3, -0.25) is 9.69 Å². The van der Waals surface area contributed by atoms with Crippen molar-refractivity contribution in [3.63, 3.8) is 0 Å². The SMILES string of the molecule is CC(C)(C)OC(=O)N1Cc2ccccc2C[C@H]1[C@H](O)CNC(=O)c1ccnc(OC2CCOC2)c1. The van der Waals surface area contributed by atoms with E-state index in [0.29, 0.717) is 37.6 Å². The largest absolute Gasteiger partial charge is 0.472 e. The second kappa shape index (κ2) is 10.6. The number of ether oxygens (including phenoxy) is 3. The van der Waals surface area contributed by atoms with Gasteiger partial charge in [-0.15, -0.1) is 0 Å². The van der Waals surface area contributed by atoms with Gasteiger partial charge < -0.3 is 24.6 Å². The first-order valence-corrected chi connectivity index (χ1v) is 11.9. The van der Waals surface area contributed by atoms with Gasteiger partial charge in [-0.1, -0.05) is 24.3 Å². The van der Waals surface area contributed by atoms with Crippen LogP contribution in [-0.2, 0) is 22.4 Å². The molecule has 2 aliphatic rings. The van der Waals surface area contributed by atoms with Crippen molar-refractivity contribution in [3.8, 4) is 5.88 Å². The maximum absolute atomic E-state index is 13.0. The summed E-state index contributed by atoms with van der Waals surface area (Å²) >= 11 is 0. The molecule has 0 spiro atoms. The van der Waals surface area contributed by atoms with E-state index in [1.165, 1.54) is 6.20 Å². The van der Waals surface area contributed by atoms with Crippen molar-refractivity contribution in [2.45, 2.75) is 64.0 Å². The van der Waals surface area contributed by atoms with E-state index in [1.807, 2.05) is 24.3 Å². The normalized spacial score (nSPS) is 20.6. The zero-order chi connectivity index (χ0) is 25.0. The van der Waals surface area contributed by atoms with Gasteiger partial charge in [0.2, 0.25) is 5.88 Å². The molecular weight excluding hydrogens is 450 g/mol. The Morgan fingerprint density at radius 2 is 2.03 bits per heavy atom. The summed E-state index contributed by atoms with van der Waals surface area (Å²) in [4.78, 5) is 31.5. The fourth-order valence-corrected chi connectivity index (χ4v) is 4.24. The summed E-state index contributed by atoms with van der Waals surface area (Å²) in [5.41, 5.74) is 1.79. The lowest BCUT2D eigenvalue weighted by Crippen LogP contribution is -2.54. The van der Waals surface area contributed by atoms with Crippen LogP contribution in [0.3, 0.4) is 0 Å². The molecular formula is C26H33N3O6. The second-order valence-corrected chi connectivity index (χ2v) is 9.91. The lowest BCUT2D eigenvalue weighted by molar-refractivity contribution is -0.0113. The Hall–Kier alpha value is -3.17. The average molecular weight is 484 g/mol. The van der Waals surface area contributed by atoms with E-state index in [4.69, 9.17) is 14.2 Å². The van der Waals surface area contributed by atoms with Crippen molar-refractivity contribution in [1.29, 1.82) is 0 Å². The van der Waals surface area contributed by atoms with Crippen molar-refractivity contribution in [1.82, 2.24) is 15.2 Å². The van der Waals surface area contributed by atoms with Crippen LogP contribution >= 0.6 is 0 Å². The third kappa shape index (κ3) is 6.49. The highest BCUT2D eigenvalue weighted by atomic mass is 16.6. The number of nitrogens with one attached hydrogen (secondary N) is 1. The summed E-state index contributed by atoms with van der Waals surface area (Å²) < 4.78 is 16.7. The number of hydrogen-bond acceptors (Lipinski definition) is 7. The van der Waals surface area contributed by atoms with Gasteiger partial charge in [-0.25, -0.2) is 9.78 Å². The quantitative estimate of drug-likeness (QED) is 0.650. The fourth-order valence-electron chi connectivity index (χ4n) is 4.24. The molecule has 9 nitrogen and oxygen atoms in total. The highest BCUT2D eigenvalue weighted by molar-refractivity contribution is 5.94. The van der Waals surface area contributed by atoms with Crippen LogP contribution in [-0.4, -0.2) is 70.6 Å². The van der Waals surface area contributed by atoms with E-state index in [-0.39, 0.29) is 18.6 Å². The molecule has 0 bridgehead atoms. The predicted molar refractivity (Wildman–Crippen MR) is 128 cm³/mol. The zero-order valence-electron chi connectivity index (χ0n) is 20.4. The molecule has 2 aromatic rings. The van der Waals surface area contributed by atoms with Crippen molar-refractivity contribution < 1.29 is 28.9 Å². The number of amides is 2. The number of pyridine rings is 1. The van der Waals surface area contributed by atoms with E-state index >= 15 is 0 Å². The minimum absolute atomic E-state index is 0.0278. The Morgan fingerprint density at radius 3 is 2.74 bits per heavy atom. The molecule has 35 heavy (non-hydrogen) atoms. The van der Waals surface area contributed by atoms with Crippen molar-refractivity contribution in [3.05, 3.63) is 59.3 Å². The Labute approximate surface area is 205 Å². The average Bonchev–Trinajstić information content (AvgIpc) is 3.33. The number of fused-ring (bicyclic) bond motifs is 1. The van der Waals surface area contributed by atoms with Gasteiger partial charge in [0.15, 0.2) is 0 Å². The summed E-state index contributed by atoms with van der Waals surface area (Å²) in [7, 11) is 0. The molecule has 2 aliphatic heterocycles. The van der Waals surface area contributed by atoms with Gasteiger partial charge in [0.1, 0.15) is 11.7 Å². The third-order valence-corrected chi connectivity index (χ3v) is 6.00. The van der Waals surface area contributed by atoms with Crippen LogP contribution in [0.4, 0.5) is 4.79 Å². The first-order chi connectivity index (χ1) is 16.7. The van der Waals surface area contributed by atoms with Gasteiger partial charge >= 0.3 is 6.09 Å². The van der Waals surface area contributed by atoms with Crippen LogP contribution in [0.1, 0.15) is 48.7 Å². The molecule has 0 radical (unpaired) electrons. The molecule has 1 aromatic heterocycles. The first-order valence-electron chi connectivity index (χ1n) is 11.9. The molecule has 1 fully saturated rings. The number of aliphatic hydroxyl groups excluding tert-OH is 1. The molecule has 4 rings (SSSR count). The Bertz CT molecular complexity index is 1050. The molecule has 2 amide bonds. The Morgan fingerprint density at radius 1 is 1.26 bits per heavy atom. The monoisotopic (exact) mass is 483 g/mol. The van der Waals surface area contributed by atoms with Crippen LogP contribution in [0, 0.1) is 0 Å². The maximum Gasteiger partial charge on any atom is 0.410 e. The molecule has 3 atom stereocenters. The number of nitrogens with zero attached hydrogens (tertiary/aromatic N) is 2. The predicted octanol–water partition coefficient (Wildman–Crippen LogP) is 2.70. The topological polar surface area (TPSA) is 110 Å². The molecule has 9 heteroatoms. The van der Waals surface area contributed by atoms with Crippen LogP contribution < -0.4 is 10.1 Å². The number of benzene rings is 1. The molecule has 188 valence electrons. The van der Waals surface area contributed by atoms with E-state index < -0.39 is 23.8 Å². The number of hydrogen-bond donors (Lipinski definition) is 2. The van der Waals surface area contributed by atoms with Crippen LogP contribution in [0.25, 0.3) is 0 Å². The van der Waals surface area contributed by atoms with Gasteiger partial charge in [0.25, 0.3) is 5.91 Å². The van der Waals surface area contributed by atoms with E-state index in [9.17, 15) is 14.7 Å². The van der Waals surface area contributed by atoms with Gasteiger partial charge in [-0.05, 0) is 44.4 Å². The smallest absolute Gasteiger partial charge is 0.410 e. The Balaban J connectivity index is 1.42. The standard InChI is InChI=1S/C26H33N3O6/c1-26(2,3)35-25(32)29-15-19-7-5-4-6-17(19)12-21(29)22(30)14-28-24(31)18-8-10-27-23(13-18)34-20-9-11-33-16-20/h4-8,10,13,20-22,30H,9,11-12,14-16H2,1-3H3,(H,28,31)/t20?,21-,22+/m0/s1. The van der Waals surface area contributed by atoms with Crippen molar-refractivity contribution in [2.24, 2.45) is 0 Å². The minimum Gasteiger partial charge on any atom is -0.472 e. The summed E-state index contributed by atoms with van der Waals surface area (Å²) in [5.74, 6) is -0.00677. The molecule has 0 aliphatic carbocycles. The molecule has 3 heterocycles. The number of carbonyl (C=O) groups excluding carboxylic acids is 2. The van der Waals surface area contributed by atoms with Crippen molar-refractivity contribution >= 4 is 12.0 Å². The lowest BCUT2D eigenvalue weighted by atomic mass is 9.91. The summed E-state index contributed by atoms with van der Waals surface area (Å²) in [6.07, 6.45) is 1.20. The molecule has 1 unspecified atom stereocenters. The molecule has 2 N–H and O–H groups in total. The maximum atomic E-state index is 13.0. The highest BCUT2D eigenvalue weighted by Gasteiger charge is 2.36. The third-order valence-electron chi connectivity index (χ3n) is 6.00. The van der Waals surface area contributed by atoms with E-state index in [1.54, 1.807) is 37.8 Å². The number of carbonyl (C=O) groups is 2. The van der Waals surface area contributed by atoms with Gasteiger partial charge in [0.05, 0.1) is 25.4 Å². The van der Waals surface area contributed by atoms with Crippen molar-refractivity contribution in [2.75, 3.05) is 19.8 Å². The van der Waals surface area contributed by atoms with Gasteiger partial charge in [0, 0.05) is 37.3 Å². The number of aromatic nitrogens is 1. The van der Waals surface area contributed by atoms with Crippen LogP contribution in [0.15, 0.2) is 42.6 Å². The molecule has 0 saturated carbocycles. The van der Waals surface area contributed by atoms with Gasteiger partial charge in [-0.2, -0.15) is 0 Å². The summed E-state index contributed by atoms with van der Waals surface area (Å²) in [5, 5.41) is 13.8. The lowest BCUT2D eigenvalue weighted by Gasteiger charge is -2.40. The Kier molecular flexibility index (Phi) is 7.57. The van der Waals surface area contributed by atoms with E-state index in [2.05, 4.69) is 10.3 Å². The minimum atomic E-state index is -0.993. The molecule has 1 saturated heterocycles. The van der Waals surface area contributed by atoms with Crippen LogP contribution in [0.5, 0.6) is 5.88 Å². The summed E-state index contributed by atoms with van der Waals surface area (Å²) in [6, 6.07) is 10.4. The first kappa shape index (κ1) is 24.9. The number of rotatable bonds is 6. The van der Waals surface area contributed by atoms with E-state index in [0.717, 1.165) is 17.5 Å². The van der Waals surface area contributed by atoms with Crippen LogP contribution in [0.2, 0.25) is 0 Å². The second-order valence-electron chi connectivity index (χ2n) is 9.91. The number of aliphatic hydroxyl groups is 1. The fraction of sp³-hybridized carbons (Fsp3) is 0.500.